The molecular formula is C25H20N4O2S. The molecule has 2 atom stereocenters. The molecule has 1 saturated heterocycles. The van der Waals surface area contributed by atoms with Crippen molar-refractivity contribution < 1.29 is 9.90 Å². The molecule has 2 aromatic heterocycles. The van der Waals surface area contributed by atoms with Crippen molar-refractivity contribution in [3.8, 4) is 5.69 Å². The van der Waals surface area contributed by atoms with Crippen molar-refractivity contribution in [2.45, 2.75) is 12.1 Å². The molecule has 3 heterocycles. The van der Waals surface area contributed by atoms with Gasteiger partial charge in [0.25, 0.3) is 0 Å². The van der Waals surface area contributed by atoms with Gasteiger partial charge in [-0.2, -0.15) is 0 Å². The van der Waals surface area contributed by atoms with E-state index in [1.807, 2.05) is 72.9 Å². The van der Waals surface area contributed by atoms with Gasteiger partial charge >= 0.3 is 5.97 Å². The van der Waals surface area contributed by atoms with E-state index in [0.29, 0.717) is 5.11 Å². The van der Waals surface area contributed by atoms with Crippen molar-refractivity contribution in [1.82, 2.24) is 14.9 Å². The summed E-state index contributed by atoms with van der Waals surface area (Å²) in [6, 6.07) is 26.5. The number of thiocarbonyl (C=S) groups is 1. The smallest absolute Gasteiger partial charge is 0.335 e. The summed E-state index contributed by atoms with van der Waals surface area (Å²) in [4.78, 5) is 18.0. The minimum Gasteiger partial charge on any atom is -0.478 e. The Morgan fingerprint density at radius 2 is 1.66 bits per heavy atom. The van der Waals surface area contributed by atoms with Crippen molar-refractivity contribution in [3.63, 3.8) is 0 Å². The van der Waals surface area contributed by atoms with E-state index < -0.39 is 5.97 Å². The van der Waals surface area contributed by atoms with E-state index in [9.17, 15) is 9.90 Å². The second-order valence-electron chi connectivity index (χ2n) is 7.49. The van der Waals surface area contributed by atoms with E-state index in [2.05, 4.69) is 25.8 Å². The fraction of sp³-hybridized carbons (Fsp3) is 0.0800. The van der Waals surface area contributed by atoms with Crippen LogP contribution in [0.3, 0.4) is 0 Å². The van der Waals surface area contributed by atoms with E-state index in [0.717, 1.165) is 22.8 Å². The summed E-state index contributed by atoms with van der Waals surface area (Å²) >= 11 is 5.77. The second-order valence-corrected chi connectivity index (χ2v) is 7.87. The molecule has 0 bridgehead atoms. The van der Waals surface area contributed by atoms with Gasteiger partial charge in [0.2, 0.25) is 0 Å². The number of carbonyl (C=O) groups is 1. The molecule has 158 valence electrons. The number of pyridine rings is 1. The van der Waals surface area contributed by atoms with Gasteiger partial charge in [0.15, 0.2) is 5.11 Å². The van der Waals surface area contributed by atoms with Crippen molar-refractivity contribution >= 4 is 29.0 Å². The van der Waals surface area contributed by atoms with E-state index in [4.69, 9.17) is 12.2 Å². The Labute approximate surface area is 190 Å². The third-order valence-corrected chi connectivity index (χ3v) is 5.92. The van der Waals surface area contributed by atoms with Crippen LogP contribution in [0.2, 0.25) is 0 Å². The second kappa shape index (κ2) is 8.28. The monoisotopic (exact) mass is 440 g/mol. The lowest BCUT2D eigenvalue weighted by Gasteiger charge is -2.29. The normalized spacial score (nSPS) is 17.9. The number of benzene rings is 2. The maximum Gasteiger partial charge on any atom is 0.335 e. The van der Waals surface area contributed by atoms with Gasteiger partial charge in [-0.3, -0.25) is 4.98 Å². The first-order valence-corrected chi connectivity index (χ1v) is 10.6. The zero-order valence-corrected chi connectivity index (χ0v) is 17.8. The SMILES string of the molecule is O=C(O)c1ccc(-n2cccc2C2C(c3ccccn3)NC(=S)N2c2ccccc2)cc1. The van der Waals surface area contributed by atoms with Gasteiger partial charge in [0, 0.05) is 29.5 Å². The number of aromatic carboxylic acids is 1. The molecule has 1 aliphatic heterocycles. The highest BCUT2D eigenvalue weighted by molar-refractivity contribution is 7.80. The molecule has 2 N–H and O–H groups in total. The molecule has 32 heavy (non-hydrogen) atoms. The third kappa shape index (κ3) is 3.52. The summed E-state index contributed by atoms with van der Waals surface area (Å²) in [5, 5.41) is 13.3. The fourth-order valence-corrected chi connectivity index (χ4v) is 4.50. The van der Waals surface area contributed by atoms with Gasteiger partial charge in [-0.15, -0.1) is 0 Å². The number of rotatable bonds is 5. The Morgan fingerprint density at radius 1 is 0.906 bits per heavy atom. The molecule has 4 aromatic rings. The highest BCUT2D eigenvalue weighted by Crippen LogP contribution is 2.42. The zero-order valence-electron chi connectivity index (χ0n) is 17.0. The van der Waals surface area contributed by atoms with Crippen molar-refractivity contribution in [1.29, 1.82) is 0 Å². The van der Waals surface area contributed by atoms with E-state index in [1.165, 1.54) is 0 Å². The number of carboxylic acids is 1. The predicted octanol–water partition coefficient (Wildman–Crippen LogP) is 4.75. The molecule has 2 aromatic carbocycles. The number of carboxylic acid groups (broad SMARTS) is 1. The summed E-state index contributed by atoms with van der Waals surface area (Å²) in [5.74, 6) is -0.944. The minimum absolute atomic E-state index is 0.157. The van der Waals surface area contributed by atoms with Crippen LogP contribution in [-0.2, 0) is 0 Å². The molecule has 0 amide bonds. The average Bonchev–Trinajstić information content (AvgIpc) is 3.44. The molecule has 0 aliphatic carbocycles. The highest BCUT2D eigenvalue weighted by atomic mass is 32.1. The Balaban J connectivity index is 1.63. The quantitative estimate of drug-likeness (QED) is 0.437. The number of para-hydroxylation sites is 1. The van der Waals surface area contributed by atoms with Crippen LogP contribution >= 0.6 is 12.2 Å². The lowest BCUT2D eigenvalue weighted by atomic mass is 10.0. The summed E-state index contributed by atoms with van der Waals surface area (Å²) in [5.41, 5.74) is 4.03. The van der Waals surface area contributed by atoms with Gasteiger partial charge < -0.3 is 19.9 Å². The first-order valence-electron chi connectivity index (χ1n) is 10.2. The van der Waals surface area contributed by atoms with Crippen LogP contribution in [-0.4, -0.2) is 25.7 Å². The third-order valence-electron chi connectivity index (χ3n) is 5.61. The number of anilines is 1. The standard InChI is InChI=1S/C25H20N4O2S/c30-24(31)17-11-13-18(14-12-17)28-16-6-10-21(28)23-22(20-9-4-5-15-26-20)27-25(32)29(23)19-7-2-1-3-8-19/h1-16,22-23H,(H,27,32)(H,30,31). The molecule has 6 nitrogen and oxygen atoms in total. The summed E-state index contributed by atoms with van der Waals surface area (Å²) in [6.07, 6.45) is 3.76. The van der Waals surface area contributed by atoms with Crippen LogP contribution in [0.5, 0.6) is 0 Å². The summed E-state index contributed by atoms with van der Waals surface area (Å²) in [7, 11) is 0. The molecule has 2 unspecified atom stereocenters. The Morgan fingerprint density at radius 3 is 2.34 bits per heavy atom. The molecule has 1 fully saturated rings. The van der Waals surface area contributed by atoms with E-state index in [1.54, 1.807) is 18.3 Å². The lowest BCUT2D eigenvalue weighted by Crippen LogP contribution is -2.30. The number of nitrogens with zero attached hydrogens (tertiary/aromatic N) is 3. The maximum atomic E-state index is 11.3. The van der Waals surface area contributed by atoms with Gasteiger partial charge in [-0.25, -0.2) is 4.79 Å². The summed E-state index contributed by atoms with van der Waals surface area (Å²) in [6.45, 7) is 0. The molecule has 1 aliphatic rings. The lowest BCUT2D eigenvalue weighted by molar-refractivity contribution is 0.0697. The van der Waals surface area contributed by atoms with Crippen LogP contribution in [0.4, 0.5) is 5.69 Å². The Bertz CT molecular complexity index is 1260. The van der Waals surface area contributed by atoms with Crippen LogP contribution in [0.1, 0.15) is 33.8 Å². The first kappa shape index (κ1) is 20.0. The van der Waals surface area contributed by atoms with E-state index in [-0.39, 0.29) is 17.6 Å². The number of hydrogen-bond donors (Lipinski definition) is 2. The number of hydrogen-bond acceptors (Lipinski definition) is 3. The topological polar surface area (TPSA) is 70.4 Å². The highest BCUT2D eigenvalue weighted by Gasteiger charge is 2.42. The zero-order chi connectivity index (χ0) is 22.1. The molecule has 0 saturated carbocycles. The Kier molecular flexibility index (Phi) is 5.17. The predicted molar refractivity (Wildman–Crippen MR) is 127 cm³/mol. The van der Waals surface area contributed by atoms with Crippen molar-refractivity contribution in [3.05, 3.63) is 114 Å². The molecule has 0 radical (unpaired) electrons. The minimum atomic E-state index is -0.944. The van der Waals surface area contributed by atoms with Crippen LogP contribution in [0.25, 0.3) is 5.69 Å². The van der Waals surface area contributed by atoms with Gasteiger partial charge in [-0.05, 0) is 72.9 Å². The first-order chi connectivity index (χ1) is 15.6. The van der Waals surface area contributed by atoms with Crippen molar-refractivity contribution in [2.24, 2.45) is 0 Å². The van der Waals surface area contributed by atoms with Crippen LogP contribution < -0.4 is 10.2 Å². The molecule has 5 rings (SSSR count). The van der Waals surface area contributed by atoms with Crippen molar-refractivity contribution in [2.75, 3.05) is 4.90 Å². The summed E-state index contributed by atoms with van der Waals surface area (Å²) < 4.78 is 2.07. The molecular weight excluding hydrogens is 420 g/mol. The maximum absolute atomic E-state index is 11.3. The number of aromatic nitrogens is 2. The van der Waals surface area contributed by atoms with Crippen LogP contribution in [0.15, 0.2) is 97.3 Å². The largest absolute Gasteiger partial charge is 0.478 e. The molecule has 7 heteroatoms. The fourth-order valence-electron chi connectivity index (χ4n) is 4.16. The van der Waals surface area contributed by atoms with Crippen LogP contribution in [0, 0.1) is 0 Å². The van der Waals surface area contributed by atoms with Gasteiger partial charge in [-0.1, -0.05) is 24.3 Å². The van der Waals surface area contributed by atoms with E-state index >= 15 is 0 Å². The number of nitrogens with one attached hydrogen (secondary N) is 1. The van der Waals surface area contributed by atoms with Gasteiger partial charge in [0.05, 0.1) is 17.3 Å². The molecule has 0 spiro atoms. The van der Waals surface area contributed by atoms with Gasteiger partial charge in [0.1, 0.15) is 6.04 Å². The Hall–Kier alpha value is -3.97. The average molecular weight is 441 g/mol.